The van der Waals surface area contributed by atoms with Crippen LogP contribution >= 0.6 is 0 Å². The molecule has 0 amide bonds. The molecule has 1 aliphatic heterocycles. The van der Waals surface area contributed by atoms with Gasteiger partial charge in [-0.3, -0.25) is 9.69 Å². The molecule has 0 spiro atoms. The van der Waals surface area contributed by atoms with Crippen LogP contribution in [0, 0.1) is 0 Å². The van der Waals surface area contributed by atoms with Crippen LogP contribution in [-0.4, -0.2) is 47.8 Å². The lowest BCUT2D eigenvalue weighted by Crippen LogP contribution is -2.30. The van der Waals surface area contributed by atoms with E-state index in [0.717, 1.165) is 13.0 Å². The van der Waals surface area contributed by atoms with Crippen LogP contribution in [0.25, 0.3) is 0 Å². The number of esters is 1. The topological polar surface area (TPSA) is 49.8 Å². The molecule has 1 fully saturated rings. The van der Waals surface area contributed by atoms with E-state index in [4.69, 9.17) is 4.74 Å². The van der Waals surface area contributed by atoms with Crippen molar-refractivity contribution < 1.29 is 14.6 Å². The summed E-state index contributed by atoms with van der Waals surface area (Å²) in [6, 6.07) is 0. The number of β-amino-alcohol motifs (C(OH)–C–C–N with tert-alkyl or cyclic N) is 1. The maximum atomic E-state index is 11.2. The molecule has 0 saturated carbocycles. The van der Waals surface area contributed by atoms with Crippen molar-refractivity contribution in [3.05, 3.63) is 0 Å². The smallest absolute Gasteiger partial charge is 0.320 e. The van der Waals surface area contributed by atoms with Crippen molar-refractivity contribution >= 4 is 5.97 Å². The molecule has 0 bridgehead atoms. The first kappa shape index (κ1) is 10.5. The minimum atomic E-state index is -0.271. The normalized spacial score (nSPS) is 23.8. The van der Waals surface area contributed by atoms with Crippen molar-refractivity contribution in [2.45, 2.75) is 32.5 Å². The van der Waals surface area contributed by atoms with Crippen LogP contribution in [0.4, 0.5) is 0 Å². The Morgan fingerprint density at radius 3 is 2.85 bits per heavy atom. The molecule has 1 atom stereocenters. The van der Waals surface area contributed by atoms with Gasteiger partial charge in [-0.25, -0.2) is 0 Å². The average Bonchev–Trinajstić information content (AvgIpc) is 2.33. The van der Waals surface area contributed by atoms with Gasteiger partial charge < -0.3 is 9.84 Å². The largest absolute Gasteiger partial charge is 0.462 e. The van der Waals surface area contributed by atoms with Crippen LogP contribution in [0.15, 0.2) is 0 Å². The third-order valence-electron chi connectivity index (χ3n) is 1.97. The predicted octanol–water partition coefficient (Wildman–Crippen LogP) is 0.00460. The zero-order chi connectivity index (χ0) is 9.84. The molecule has 0 aromatic heterocycles. The molecule has 76 valence electrons. The highest BCUT2D eigenvalue weighted by Gasteiger charge is 2.22. The molecule has 0 aromatic rings. The molecule has 1 saturated heterocycles. The van der Waals surface area contributed by atoms with Gasteiger partial charge in [0.15, 0.2) is 0 Å². The highest BCUT2D eigenvalue weighted by Crippen LogP contribution is 2.08. The van der Waals surface area contributed by atoms with Crippen molar-refractivity contribution in [3.63, 3.8) is 0 Å². The van der Waals surface area contributed by atoms with Gasteiger partial charge in [-0.05, 0) is 20.3 Å². The SMILES string of the molecule is CC(C)OC(=O)CN1CC[C@@H](O)C1. The molecular weight excluding hydrogens is 170 g/mol. The minimum Gasteiger partial charge on any atom is -0.462 e. The van der Waals surface area contributed by atoms with Gasteiger partial charge >= 0.3 is 5.97 Å². The van der Waals surface area contributed by atoms with Gasteiger partial charge in [-0.2, -0.15) is 0 Å². The fourth-order valence-corrected chi connectivity index (χ4v) is 1.44. The quantitative estimate of drug-likeness (QED) is 0.632. The van der Waals surface area contributed by atoms with Crippen molar-refractivity contribution in [1.82, 2.24) is 4.90 Å². The first-order chi connectivity index (χ1) is 6.08. The van der Waals surface area contributed by atoms with E-state index in [2.05, 4.69) is 0 Å². The van der Waals surface area contributed by atoms with Crippen molar-refractivity contribution in [1.29, 1.82) is 0 Å². The van der Waals surface area contributed by atoms with E-state index in [9.17, 15) is 9.90 Å². The molecule has 1 aliphatic rings. The highest BCUT2D eigenvalue weighted by molar-refractivity contribution is 5.71. The predicted molar refractivity (Wildman–Crippen MR) is 48.3 cm³/mol. The minimum absolute atomic E-state index is 0.0555. The fraction of sp³-hybridized carbons (Fsp3) is 0.889. The van der Waals surface area contributed by atoms with Crippen molar-refractivity contribution in [2.75, 3.05) is 19.6 Å². The molecule has 0 radical (unpaired) electrons. The summed E-state index contributed by atoms with van der Waals surface area (Å²) in [5.41, 5.74) is 0. The van der Waals surface area contributed by atoms with E-state index in [0.29, 0.717) is 13.1 Å². The molecule has 4 nitrogen and oxygen atoms in total. The number of hydrogen-bond acceptors (Lipinski definition) is 4. The van der Waals surface area contributed by atoms with Crippen LogP contribution in [0.2, 0.25) is 0 Å². The monoisotopic (exact) mass is 187 g/mol. The molecule has 0 aliphatic carbocycles. The maximum Gasteiger partial charge on any atom is 0.320 e. The van der Waals surface area contributed by atoms with Gasteiger partial charge in [0.2, 0.25) is 0 Å². The number of carbonyl (C=O) groups is 1. The molecule has 1 rings (SSSR count). The molecule has 4 heteroatoms. The number of aliphatic hydroxyl groups is 1. The number of likely N-dealkylation sites (tertiary alicyclic amines) is 1. The van der Waals surface area contributed by atoms with Crippen LogP contribution in [0.3, 0.4) is 0 Å². The molecular formula is C9H17NO3. The second-order valence-corrected chi connectivity index (χ2v) is 3.72. The third-order valence-corrected chi connectivity index (χ3v) is 1.97. The lowest BCUT2D eigenvalue weighted by Gasteiger charge is -2.15. The van der Waals surface area contributed by atoms with Crippen LogP contribution in [0.1, 0.15) is 20.3 Å². The van der Waals surface area contributed by atoms with Crippen molar-refractivity contribution in [3.8, 4) is 0 Å². The van der Waals surface area contributed by atoms with E-state index < -0.39 is 0 Å². The number of hydrogen-bond donors (Lipinski definition) is 1. The van der Waals surface area contributed by atoms with Gasteiger partial charge in [-0.15, -0.1) is 0 Å². The summed E-state index contributed by atoms with van der Waals surface area (Å²) in [6.45, 7) is 5.34. The number of ether oxygens (including phenoxy) is 1. The Kier molecular flexibility index (Phi) is 3.69. The molecule has 13 heavy (non-hydrogen) atoms. The summed E-state index contributed by atoms with van der Waals surface area (Å²) in [7, 11) is 0. The second kappa shape index (κ2) is 4.58. The van der Waals surface area contributed by atoms with Gasteiger partial charge in [0.25, 0.3) is 0 Å². The zero-order valence-corrected chi connectivity index (χ0v) is 8.19. The Morgan fingerprint density at radius 2 is 2.38 bits per heavy atom. The molecule has 0 aromatic carbocycles. The van der Waals surface area contributed by atoms with E-state index in [1.54, 1.807) is 0 Å². The molecule has 1 heterocycles. The van der Waals surface area contributed by atoms with E-state index in [1.165, 1.54) is 0 Å². The Morgan fingerprint density at radius 1 is 1.69 bits per heavy atom. The zero-order valence-electron chi connectivity index (χ0n) is 8.19. The Hall–Kier alpha value is -0.610. The number of nitrogens with zero attached hydrogens (tertiary/aromatic N) is 1. The van der Waals surface area contributed by atoms with Gasteiger partial charge in [0, 0.05) is 13.1 Å². The first-order valence-corrected chi connectivity index (χ1v) is 4.68. The average molecular weight is 187 g/mol. The Bertz CT molecular complexity index is 182. The highest BCUT2D eigenvalue weighted by atomic mass is 16.5. The van der Waals surface area contributed by atoms with Crippen LogP contribution in [-0.2, 0) is 9.53 Å². The maximum absolute atomic E-state index is 11.2. The van der Waals surface area contributed by atoms with E-state index in [-0.39, 0.29) is 18.2 Å². The Balaban J connectivity index is 2.21. The number of carbonyl (C=O) groups excluding carboxylic acids is 1. The standard InChI is InChI=1S/C9H17NO3/c1-7(2)13-9(12)6-10-4-3-8(11)5-10/h7-8,11H,3-6H2,1-2H3/t8-/m1/s1. The Labute approximate surface area is 78.5 Å². The molecule has 1 N–H and O–H groups in total. The van der Waals surface area contributed by atoms with Crippen molar-refractivity contribution in [2.24, 2.45) is 0 Å². The number of aliphatic hydroxyl groups excluding tert-OH is 1. The number of rotatable bonds is 3. The van der Waals surface area contributed by atoms with Gasteiger partial charge in [0.05, 0.1) is 18.8 Å². The molecule has 0 unspecified atom stereocenters. The lowest BCUT2D eigenvalue weighted by atomic mass is 10.3. The van der Waals surface area contributed by atoms with E-state index in [1.807, 2.05) is 18.7 Å². The fourth-order valence-electron chi connectivity index (χ4n) is 1.44. The second-order valence-electron chi connectivity index (χ2n) is 3.72. The summed E-state index contributed by atoms with van der Waals surface area (Å²) in [4.78, 5) is 13.1. The summed E-state index contributed by atoms with van der Waals surface area (Å²) >= 11 is 0. The summed E-state index contributed by atoms with van der Waals surface area (Å²) in [5.74, 6) is -0.205. The third kappa shape index (κ3) is 3.74. The van der Waals surface area contributed by atoms with Crippen LogP contribution < -0.4 is 0 Å². The summed E-state index contributed by atoms with van der Waals surface area (Å²) in [6.07, 6.45) is 0.432. The van der Waals surface area contributed by atoms with E-state index >= 15 is 0 Å². The van der Waals surface area contributed by atoms with Gasteiger partial charge in [0.1, 0.15) is 0 Å². The first-order valence-electron chi connectivity index (χ1n) is 4.68. The lowest BCUT2D eigenvalue weighted by molar-refractivity contribution is -0.148. The summed E-state index contributed by atoms with van der Waals surface area (Å²) < 4.78 is 4.99. The van der Waals surface area contributed by atoms with Crippen LogP contribution in [0.5, 0.6) is 0 Å². The summed E-state index contributed by atoms with van der Waals surface area (Å²) in [5, 5.41) is 9.20. The van der Waals surface area contributed by atoms with Gasteiger partial charge in [-0.1, -0.05) is 0 Å².